The average molecular weight is 421 g/mol. The number of piperazine rings is 1. The van der Waals surface area contributed by atoms with Gasteiger partial charge in [0.1, 0.15) is 17.2 Å². The molecule has 1 saturated heterocycles. The Bertz CT molecular complexity index is 1060. The molecule has 8 nitrogen and oxygen atoms in total. The number of amides is 2. The van der Waals surface area contributed by atoms with Gasteiger partial charge >= 0.3 is 6.03 Å². The van der Waals surface area contributed by atoms with E-state index in [0.29, 0.717) is 18.5 Å². The summed E-state index contributed by atoms with van der Waals surface area (Å²) in [6.07, 6.45) is 4.53. The zero-order valence-corrected chi connectivity index (χ0v) is 17.5. The van der Waals surface area contributed by atoms with Gasteiger partial charge in [0.05, 0.1) is 6.10 Å². The Morgan fingerprint density at radius 3 is 2.81 bits per heavy atom. The molecule has 0 unspecified atom stereocenters. The monoisotopic (exact) mass is 420 g/mol. The highest BCUT2D eigenvalue weighted by Crippen LogP contribution is 2.37. The van der Waals surface area contributed by atoms with E-state index in [4.69, 9.17) is 4.74 Å². The summed E-state index contributed by atoms with van der Waals surface area (Å²) in [5.41, 5.74) is 2.83. The number of aromatic nitrogens is 2. The number of nitrogens with zero attached hydrogens (tertiary/aromatic N) is 2. The molecule has 3 aromatic rings. The number of hydrogen-bond acceptors (Lipinski definition) is 5. The third-order valence-electron chi connectivity index (χ3n) is 5.70. The average Bonchev–Trinajstić information content (AvgIpc) is 3.51. The van der Waals surface area contributed by atoms with E-state index >= 15 is 0 Å². The van der Waals surface area contributed by atoms with Crippen molar-refractivity contribution in [1.82, 2.24) is 25.5 Å². The van der Waals surface area contributed by atoms with Crippen LogP contribution in [0.15, 0.2) is 42.6 Å². The Morgan fingerprint density at radius 2 is 1.97 bits per heavy atom. The van der Waals surface area contributed by atoms with Gasteiger partial charge in [-0.15, -0.1) is 0 Å². The number of aromatic amines is 1. The van der Waals surface area contributed by atoms with Crippen molar-refractivity contribution >= 4 is 22.9 Å². The second kappa shape index (κ2) is 8.95. The Kier molecular flexibility index (Phi) is 5.73. The van der Waals surface area contributed by atoms with Gasteiger partial charge in [-0.05, 0) is 31.0 Å². The van der Waals surface area contributed by atoms with E-state index in [1.54, 1.807) is 0 Å². The van der Waals surface area contributed by atoms with E-state index in [2.05, 4.69) is 36.9 Å². The first-order chi connectivity index (χ1) is 15.3. The van der Waals surface area contributed by atoms with Gasteiger partial charge in [0.25, 0.3) is 0 Å². The number of carbonyl (C=O) groups excluding carboxylic acids is 1. The number of para-hydroxylation sites is 1. The maximum Gasteiger partial charge on any atom is 0.320 e. The molecule has 162 valence electrons. The largest absolute Gasteiger partial charge is 0.490 e. The fourth-order valence-corrected chi connectivity index (χ4v) is 3.88. The molecule has 0 radical (unpaired) electrons. The maximum absolute atomic E-state index is 12.3. The molecule has 4 N–H and O–H groups in total. The van der Waals surface area contributed by atoms with Crippen LogP contribution in [0, 0.1) is 0 Å². The minimum absolute atomic E-state index is 0.239. The Morgan fingerprint density at radius 1 is 1.13 bits per heavy atom. The molecule has 1 aromatic carbocycles. The number of rotatable bonds is 7. The van der Waals surface area contributed by atoms with Crippen molar-refractivity contribution in [2.75, 3.05) is 44.6 Å². The fourth-order valence-electron chi connectivity index (χ4n) is 3.88. The highest BCUT2D eigenvalue weighted by molar-refractivity contribution is 5.97. The molecule has 2 amide bonds. The number of nitrogens with one attached hydrogen (secondary N) is 4. The first-order valence-electron chi connectivity index (χ1n) is 11.0. The summed E-state index contributed by atoms with van der Waals surface area (Å²) in [6, 6.07) is 11.7. The third-order valence-corrected chi connectivity index (χ3v) is 5.70. The van der Waals surface area contributed by atoms with Gasteiger partial charge in [0.2, 0.25) is 0 Å². The molecule has 1 aliphatic carbocycles. The molecule has 2 fully saturated rings. The number of fused-ring (bicyclic) bond motifs is 1. The lowest BCUT2D eigenvalue weighted by Gasteiger charge is -2.27. The highest BCUT2D eigenvalue weighted by Gasteiger charge is 2.25. The molecule has 2 aromatic heterocycles. The van der Waals surface area contributed by atoms with E-state index in [-0.39, 0.29) is 6.03 Å². The number of benzene rings is 1. The van der Waals surface area contributed by atoms with Gasteiger partial charge in [-0.25, -0.2) is 9.78 Å². The van der Waals surface area contributed by atoms with Crippen LogP contribution in [0.25, 0.3) is 22.2 Å². The molecular weight excluding hydrogens is 392 g/mol. The van der Waals surface area contributed by atoms with E-state index in [9.17, 15) is 4.79 Å². The van der Waals surface area contributed by atoms with Crippen LogP contribution in [0.2, 0.25) is 0 Å². The predicted molar refractivity (Wildman–Crippen MR) is 122 cm³/mol. The van der Waals surface area contributed by atoms with Crippen LogP contribution in [0.1, 0.15) is 12.8 Å². The number of hydrogen-bond donors (Lipinski definition) is 4. The molecule has 5 rings (SSSR count). The van der Waals surface area contributed by atoms with Crippen molar-refractivity contribution in [3.05, 3.63) is 42.6 Å². The molecule has 3 heterocycles. The number of ether oxygens (including phenoxy) is 1. The molecule has 1 aliphatic heterocycles. The lowest BCUT2D eigenvalue weighted by molar-refractivity contribution is 0.233. The van der Waals surface area contributed by atoms with Crippen LogP contribution in [-0.2, 0) is 0 Å². The predicted octanol–water partition coefficient (Wildman–Crippen LogP) is 2.80. The lowest BCUT2D eigenvalue weighted by atomic mass is 10.0. The van der Waals surface area contributed by atoms with Crippen LogP contribution in [0.5, 0.6) is 5.75 Å². The van der Waals surface area contributed by atoms with E-state index in [0.717, 1.165) is 73.5 Å². The SMILES string of the molecule is O=C(NCCN1CCNCC1)Nc1ccc2c(-c3ccccc3OC3CC3)c[nH]c2n1. The highest BCUT2D eigenvalue weighted by atomic mass is 16.5. The number of anilines is 1. The number of pyridine rings is 1. The summed E-state index contributed by atoms with van der Waals surface area (Å²) >= 11 is 0. The minimum atomic E-state index is -0.239. The van der Waals surface area contributed by atoms with Crippen molar-refractivity contribution in [3.8, 4) is 16.9 Å². The molecular formula is C23H28N6O2. The first kappa shape index (κ1) is 19.8. The maximum atomic E-state index is 12.3. The summed E-state index contributed by atoms with van der Waals surface area (Å²) in [6.45, 7) is 5.51. The van der Waals surface area contributed by atoms with Crippen LogP contribution < -0.4 is 20.7 Å². The second-order valence-corrected chi connectivity index (χ2v) is 8.08. The van der Waals surface area contributed by atoms with Crippen molar-refractivity contribution in [2.45, 2.75) is 18.9 Å². The molecule has 0 spiro atoms. The van der Waals surface area contributed by atoms with Crippen molar-refractivity contribution in [3.63, 3.8) is 0 Å². The molecule has 31 heavy (non-hydrogen) atoms. The first-order valence-corrected chi connectivity index (χ1v) is 11.0. The Balaban J connectivity index is 1.24. The quantitative estimate of drug-likeness (QED) is 0.472. The van der Waals surface area contributed by atoms with E-state index in [1.165, 1.54) is 0 Å². The van der Waals surface area contributed by atoms with Crippen molar-refractivity contribution in [2.24, 2.45) is 0 Å². The minimum Gasteiger partial charge on any atom is -0.490 e. The van der Waals surface area contributed by atoms with Gasteiger partial charge in [0.15, 0.2) is 0 Å². The summed E-state index contributed by atoms with van der Waals surface area (Å²) in [5, 5.41) is 10.1. The van der Waals surface area contributed by atoms with Gasteiger partial charge in [-0.2, -0.15) is 0 Å². The fraction of sp³-hybridized carbons (Fsp3) is 0.391. The standard InChI is InChI=1S/C23H28N6O2/c30-23(25-11-14-29-12-9-24-10-13-29)28-21-8-7-18-19(15-26-22(18)27-21)17-3-1-2-4-20(17)31-16-5-6-16/h1-4,7-8,15-16,24H,5-6,9-14H2,(H3,25,26,27,28,30). The Hall–Kier alpha value is -3.10. The molecule has 2 aliphatic rings. The van der Waals surface area contributed by atoms with Crippen LogP contribution in [0.3, 0.4) is 0 Å². The Labute approximate surface area is 181 Å². The van der Waals surface area contributed by atoms with Crippen LogP contribution in [-0.4, -0.2) is 66.3 Å². The molecule has 1 saturated carbocycles. The molecule has 0 bridgehead atoms. The van der Waals surface area contributed by atoms with Gasteiger partial charge in [0, 0.05) is 62.0 Å². The summed E-state index contributed by atoms with van der Waals surface area (Å²) in [7, 11) is 0. The lowest BCUT2D eigenvalue weighted by Crippen LogP contribution is -2.46. The normalized spacial score (nSPS) is 16.9. The zero-order valence-electron chi connectivity index (χ0n) is 17.5. The third kappa shape index (κ3) is 4.81. The summed E-state index contributed by atoms with van der Waals surface area (Å²) in [4.78, 5) is 22.4. The van der Waals surface area contributed by atoms with Crippen LogP contribution >= 0.6 is 0 Å². The van der Waals surface area contributed by atoms with Crippen LogP contribution in [0.4, 0.5) is 10.6 Å². The summed E-state index contributed by atoms with van der Waals surface area (Å²) < 4.78 is 6.08. The summed E-state index contributed by atoms with van der Waals surface area (Å²) in [5.74, 6) is 1.42. The molecule has 8 heteroatoms. The number of H-pyrrole nitrogens is 1. The van der Waals surface area contributed by atoms with Gasteiger partial charge < -0.3 is 20.4 Å². The van der Waals surface area contributed by atoms with Crippen molar-refractivity contribution < 1.29 is 9.53 Å². The van der Waals surface area contributed by atoms with Crippen molar-refractivity contribution in [1.29, 1.82) is 0 Å². The number of carbonyl (C=O) groups is 1. The van der Waals surface area contributed by atoms with E-state index in [1.807, 2.05) is 36.5 Å². The van der Waals surface area contributed by atoms with Gasteiger partial charge in [-0.1, -0.05) is 18.2 Å². The van der Waals surface area contributed by atoms with Gasteiger partial charge in [-0.3, -0.25) is 10.2 Å². The topological polar surface area (TPSA) is 94.3 Å². The molecule has 0 atom stereocenters. The second-order valence-electron chi connectivity index (χ2n) is 8.08. The smallest absolute Gasteiger partial charge is 0.320 e. The zero-order chi connectivity index (χ0) is 21.0. The number of urea groups is 1. The van der Waals surface area contributed by atoms with E-state index < -0.39 is 0 Å².